The number of aryl methyl sites for hydroxylation is 2. The maximum atomic E-state index is 6.15. The number of halogens is 2. The van der Waals surface area contributed by atoms with Crippen LogP contribution in [0.5, 0.6) is 0 Å². The molecule has 1 heterocycles. The zero-order chi connectivity index (χ0) is 10.3. The molecule has 1 nitrogen and oxygen atoms in total. The van der Waals surface area contributed by atoms with Crippen molar-refractivity contribution in [1.29, 1.82) is 0 Å². The first-order valence-electron chi connectivity index (χ1n) is 4.31. The highest BCUT2D eigenvalue weighted by Crippen LogP contribution is 2.32. The van der Waals surface area contributed by atoms with E-state index in [4.69, 9.17) is 11.6 Å². The van der Waals surface area contributed by atoms with E-state index in [0.717, 1.165) is 31.5 Å². The lowest BCUT2D eigenvalue weighted by Crippen LogP contribution is -1.88. The largest absolute Gasteiger partial charge is 0.256 e. The molecular formula is C11H9BrClN. The van der Waals surface area contributed by atoms with Gasteiger partial charge in [-0.25, -0.2) is 0 Å². The summed E-state index contributed by atoms with van der Waals surface area (Å²) < 4.78 is 1.08. The van der Waals surface area contributed by atoms with Gasteiger partial charge in [-0.1, -0.05) is 27.5 Å². The van der Waals surface area contributed by atoms with Gasteiger partial charge >= 0.3 is 0 Å². The third-order valence-corrected chi connectivity index (χ3v) is 3.49. The van der Waals surface area contributed by atoms with E-state index in [1.807, 2.05) is 19.9 Å². The van der Waals surface area contributed by atoms with E-state index < -0.39 is 0 Å². The molecule has 0 aliphatic heterocycles. The SMILES string of the molecule is Cc1cc(Br)c(C)c2c(Cl)ccnc12. The second-order valence-electron chi connectivity index (χ2n) is 3.32. The Morgan fingerprint density at radius 2 is 2.07 bits per heavy atom. The van der Waals surface area contributed by atoms with Crippen LogP contribution in [0.2, 0.25) is 5.02 Å². The molecule has 1 aromatic carbocycles. The molecule has 0 N–H and O–H groups in total. The van der Waals surface area contributed by atoms with Crippen LogP contribution in [0.25, 0.3) is 10.9 Å². The van der Waals surface area contributed by atoms with Crippen molar-refractivity contribution >= 4 is 38.4 Å². The Morgan fingerprint density at radius 3 is 2.79 bits per heavy atom. The van der Waals surface area contributed by atoms with Crippen molar-refractivity contribution in [2.24, 2.45) is 0 Å². The van der Waals surface area contributed by atoms with Crippen molar-refractivity contribution in [3.63, 3.8) is 0 Å². The van der Waals surface area contributed by atoms with Gasteiger partial charge in [-0.3, -0.25) is 4.98 Å². The highest BCUT2D eigenvalue weighted by molar-refractivity contribution is 9.10. The zero-order valence-corrected chi connectivity index (χ0v) is 10.3. The van der Waals surface area contributed by atoms with Gasteiger partial charge < -0.3 is 0 Å². The van der Waals surface area contributed by atoms with Crippen LogP contribution in [0.15, 0.2) is 22.8 Å². The van der Waals surface area contributed by atoms with Gasteiger partial charge in [0.15, 0.2) is 0 Å². The summed E-state index contributed by atoms with van der Waals surface area (Å²) in [6.07, 6.45) is 1.74. The van der Waals surface area contributed by atoms with E-state index in [9.17, 15) is 0 Å². The smallest absolute Gasteiger partial charge is 0.0749 e. The molecule has 2 aromatic rings. The predicted octanol–water partition coefficient (Wildman–Crippen LogP) is 4.27. The lowest BCUT2D eigenvalue weighted by atomic mass is 10.1. The Morgan fingerprint density at radius 1 is 1.36 bits per heavy atom. The topological polar surface area (TPSA) is 12.9 Å². The predicted molar refractivity (Wildman–Crippen MR) is 63.9 cm³/mol. The second-order valence-corrected chi connectivity index (χ2v) is 4.58. The Bertz CT molecular complexity index is 508. The van der Waals surface area contributed by atoms with E-state index in [2.05, 4.69) is 27.0 Å². The molecule has 0 aliphatic rings. The molecule has 0 spiro atoms. The number of hydrogen-bond acceptors (Lipinski definition) is 1. The van der Waals surface area contributed by atoms with Crippen molar-refractivity contribution in [2.45, 2.75) is 13.8 Å². The average Bonchev–Trinajstić information content (AvgIpc) is 2.14. The summed E-state index contributed by atoms with van der Waals surface area (Å²) in [5.74, 6) is 0. The molecule has 14 heavy (non-hydrogen) atoms. The molecule has 0 bridgehead atoms. The lowest BCUT2D eigenvalue weighted by molar-refractivity contribution is 1.33. The van der Waals surface area contributed by atoms with Gasteiger partial charge in [0.05, 0.1) is 10.5 Å². The second kappa shape index (κ2) is 3.52. The number of rotatable bonds is 0. The minimum absolute atomic E-state index is 0.761. The van der Waals surface area contributed by atoms with E-state index in [0.29, 0.717) is 0 Å². The lowest BCUT2D eigenvalue weighted by Gasteiger charge is -2.08. The molecule has 2 rings (SSSR count). The first-order valence-corrected chi connectivity index (χ1v) is 5.48. The number of aromatic nitrogens is 1. The molecule has 0 radical (unpaired) electrons. The van der Waals surface area contributed by atoms with E-state index in [-0.39, 0.29) is 0 Å². The van der Waals surface area contributed by atoms with Gasteiger partial charge in [0.25, 0.3) is 0 Å². The van der Waals surface area contributed by atoms with Gasteiger partial charge in [-0.2, -0.15) is 0 Å². The standard InChI is InChI=1S/C11H9BrClN/c1-6-5-8(12)7(2)10-9(13)3-4-14-11(6)10/h3-5H,1-2H3. The minimum Gasteiger partial charge on any atom is -0.256 e. The van der Waals surface area contributed by atoms with Gasteiger partial charge in [-0.05, 0) is 37.1 Å². The summed E-state index contributed by atoms with van der Waals surface area (Å²) in [6, 6.07) is 3.89. The Balaban J connectivity index is 3.03. The van der Waals surface area contributed by atoms with Gasteiger partial charge in [0, 0.05) is 16.1 Å². The van der Waals surface area contributed by atoms with Crippen LogP contribution in [-0.2, 0) is 0 Å². The van der Waals surface area contributed by atoms with E-state index in [1.54, 1.807) is 6.20 Å². The average molecular weight is 271 g/mol. The van der Waals surface area contributed by atoms with Crippen molar-refractivity contribution in [3.8, 4) is 0 Å². The van der Waals surface area contributed by atoms with Gasteiger partial charge in [0.1, 0.15) is 0 Å². The van der Waals surface area contributed by atoms with E-state index in [1.165, 1.54) is 0 Å². The van der Waals surface area contributed by atoms with Crippen LogP contribution >= 0.6 is 27.5 Å². The molecule has 1 aromatic heterocycles. The summed E-state index contributed by atoms with van der Waals surface area (Å²) >= 11 is 9.66. The highest BCUT2D eigenvalue weighted by atomic mass is 79.9. The molecule has 0 saturated heterocycles. The fraction of sp³-hybridized carbons (Fsp3) is 0.182. The molecule has 0 aliphatic carbocycles. The van der Waals surface area contributed by atoms with Crippen LogP contribution in [0.1, 0.15) is 11.1 Å². The number of hydrogen-bond donors (Lipinski definition) is 0. The van der Waals surface area contributed by atoms with Crippen LogP contribution in [-0.4, -0.2) is 4.98 Å². The molecule has 0 amide bonds. The Hall–Kier alpha value is -0.600. The van der Waals surface area contributed by atoms with Crippen LogP contribution < -0.4 is 0 Å². The fourth-order valence-electron chi connectivity index (χ4n) is 1.58. The third-order valence-electron chi connectivity index (χ3n) is 2.35. The number of nitrogens with zero attached hydrogens (tertiary/aromatic N) is 1. The molecule has 0 fully saturated rings. The van der Waals surface area contributed by atoms with Crippen LogP contribution in [0.4, 0.5) is 0 Å². The van der Waals surface area contributed by atoms with Crippen LogP contribution in [0, 0.1) is 13.8 Å². The highest BCUT2D eigenvalue weighted by Gasteiger charge is 2.08. The minimum atomic E-state index is 0.761. The number of pyridine rings is 1. The van der Waals surface area contributed by atoms with Gasteiger partial charge in [-0.15, -0.1) is 0 Å². The summed E-state index contributed by atoms with van der Waals surface area (Å²) in [6.45, 7) is 4.08. The van der Waals surface area contributed by atoms with Crippen molar-refractivity contribution in [1.82, 2.24) is 4.98 Å². The van der Waals surface area contributed by atoms with Crippen molar-refractivity contribution in [3.05, 3.63) is 39.0 Å². The zero-order valence-electron chi connectivity index (χ0n) is 7.94. The Labute approximate surface area is 96.2 Å². The molecule has 3 heteroatoms. The first kappa shape index (κ1) is 9.94. The normalized spacial score (nSPS) is 10.9. The maximum Gasteiger partial charge on any atom is 0.0749 e. The van der Waals surface area contributed by atoms with Gasteiger partial charge in [0.2, 0.25) is 0 Å². The number of benzene rings is 1. The quantitative estimate of drug-likeness (QED) is 0.697. The summed E-state index contributed by atoms with van der Waals surface area (Å²) in [4.78, 5) is 4.34. The maximum absolute atomic E-state index is 6.15. The summed E-state index contributed by atoms with van der Waals surface area (Å²) in [5, 5.41) is 1.80. The van der Waals surface area contributed by atoms with Crippen LogP contribution in [0.3, 0.4) is 0 Å². The molecule has 72 valence electrons. The summed E-state index contributed by atoms with van der Waals surface area (Å²) in [7, 11) is 0. The Kier molecular flexibility index (Phi) is 2.50. The summed E-state index contributed by atoms with van der Waals surface area (Å²) in [5.41, 5.74) is 3.27. The first-order chi connectivity index (χ1) is 6.61. The molecular weight excluding hydrogens is 261 g/mol. The molecule has 0 unspecified atom stereocenters. The third kappa shape index (κ3) is 1.43. The molecule has 0 saturated carbocycles. The van der Waals surface area contributed by atoms with E-state index >= 15 is 0 Å². The molecule has 0 atom stereocenters. The monoisotopic (exact) mass is 269 g/mol. The van der Waals surface area contributed by atoms with Crippen molar-refractivity contribution in [2.75, 3.05) is 0 Å². The number of fused-ring (bicyclic) bond motifs is 1. The fourth-order valence-corrected chi connectivity index (χ4v) is 2.41. The van der Waals surface area contributed by atoms with Crippen molar-refractivity contribution < 1.29 is 0 Å².